The third-order valence-electron chi connectivity index (χ3n) is 4.28. The van der Waals surface area contributed by atoms with Gasteiger partial charge >= 0.3 is 5.97 Å². The average molecular weight is 254 g/mol. The summed E-state index contributed by atoms with van der Waals surface area (Å²) in [4.78, 5) is 27.1. The average Bonchev–Trinajstić information content (AvgIpc) is 2.75. The lowest BCUT2D eigenvalue weighted by atomic mass is 9.96. The first kappa shape index (κ1) is 13.3. The minimum Gasteiger partial charge on any atom is -0.481 e. The maximum atomic E-state index is 12.1. The van der Waals surface area contributed by atoms with E-state index in [4.69, 9.17) is 5.11 Å². The van der Waals surface area contributed by atoms with Gasteiger partial charge in [-0.05, 0) is 39.3 Å². The van der Waals surface area contributed by atoms with Crippen molar-refractivity contribution >= 4 is 11.9 Å². The van der Waals surface area contributed by atoms with E-state index in [2.05, 4.69) is 11.9 Å². The second-order valence-electron chi connectivity index (χ2n) is 5.47. The Balaban J connectivity index is 1.79. The summed E-state index contributed by atoms with van der Waals surface area (Å²) in [7, 11) is 2.07. The first-order valence-corrected chi connectivity index (χ1v) is 6.78. The maximum absolute atomic E-state index is 12.1. The molecule has 2 aliphatic heterocycles. The number of hydrogen-bond acceptors (Lipinski definition) is 3. The van der Waals surface area contributed by atoms with Gasteiger partial charge in [-0.25, -0.2) is 0 Å². The van der Waals surface area contributed by atoms with Gasteiger partial charge in [-0.3, -0.25) is 9.59 Å². The van der Waals surface area contributed by atoms with E-state index < -0.39 is 5.97 Å². The monoisotopic (exact) mass is 254 g/mol. The molecule has 0 radical (unpaired) electrons. The van der Waals surface area contributed by atoms with Crippen molar-refractivity contribution in [2.45, 2.75) is 38.1 Å². The molecule has 1 unspecified atom stereocenters. The molecule has 2 aliphatic rings. The highest BCUT2D eigenvalue weighted by molar-refractivity contribution is 5.77. The zero-order valence-electron chi connectivity index (χ0n) is 11.0. The van der Waals surface area contributed by atoms with Crippen LogP contribution >= 0.6 is 0 Å². The van der Waals surface area contributed by atoms with E-state index in [1.807, 2.05) is 4.90 Å². The van der Waals surface area contributed by atoms with Crippen molar-refractivity contribution < 1.29 is 14.7 Å². The standard InChI is InChI=1S/C13H22N2O3/c1-14-6-2-3-11(14)9-12(16)15-7-4-10(5-8-15)13(17)18/h10-11H,2-9H2,1H3,(H,17,18). The Morgan fingerprint density at radius 3 is 2.33 bits per heavy atom. The second-order valence-corrected chi connectivity index (χ2v) is 5.47. The fourth-order valence-corrected chi connectivity index (χ4v) is 2.94. The van der Waals surface area contributed by atoms with E-state index in [0.717, 1.165) is 13.0 Å². The van der Waals surface area contributed by atoms with E-state index in [-0.39, 0.29) is 11.8 Å². The van der Waals surface area contributed by atoms with Gasteiger partial charge in [0.05, 0.1) is 5.92 Å². The molecule has 2 heterocycles. The SMILES string of the molecule is CN1CCCC1CC(=O)N1CCC(C(=O)O)CC1. The molecule has 0 saturated carbocycles. The normalized spacial score (nSPS) is 26.5. The first-order chi connectivity index (χ1) is 8.58. The molecule has 1 amide bonds. The first-order valence-electron chi connectivity index (χ1n) is 6.78. The van der Waals surface area contributed by atoms with Gasteiger partial charge in [0.1, 0.15) is 0 Å². The van der Waals surface area contributed by atoms with Gasteiger partial charge < -0.3 is 14.9 Å². The molecule has 2 rings (SSSR count). The molecule has 0 aliphatic carbocycles. The van der Waals surface area contributed by atoms with Crippen molar-refractivity contribution in [2.75, 3.05) is 26.7 Å². The number of likely N-dealkylation sites (tertiary alicyclic amines) is 2. The van der Waals surface area contributed by atoms with Crippen molar-refractivity contribution in [2.24, 2.45) is 5.92 Å². The summed E-state index contributed by atoms with van der Waals surface area (Å²) in [6.07, 6.45) is 4.07. The zero-order chi connectivity index (χ0) is 13.1. The topological polar surface area (TPSA) is 60.9 Å². The zero-order valence-corrected chi connectivity index (χ0v) is 11.0. The Labute approximate surface area is 108 Å². The van der Waals surface area contributed by atoms with Crippen LogP contribution < -0.4 is 0 Å². The van der Waals surface area contributed by atoms with Crippen LogP contribution in [0.15, 0.2) is 0 Å². The molecule has 5 heteroatoms. The minimum atomic E-state index is -0.724. The number of nitrogens with zero attached hydrogens (tertiary/aromatic N) is 2. The number of rotatable bonds is 3. The van der Waals surface area contributed by atoms with Gasteiger partial charge in [0.25, 0.3) is 0 Å². The third kappa shape index (κ3) is 3.02. The number of carbonyl (C=O) groups excluding carboxylic acids is 1. The van der Waals surface area contributed by atoms with Gasteiger partial charge in [-0.1, -0.05) is 0 Å². The molecule has 0 aromatic carbocycles. The Morgan fingerprint density at radius 1 is 1.17 bits per heavy atom. The Kier molecular flexibility index (Phi) is 4.22. The summed E-state index contributed by atoms with van der Waals surface area (Å²) >= 11 is 0. The molecule has 1 N–H and O–H groups in total. The molecule has 0 bridgehead atoms. The predicted octanol–water partition coefficient (Wildman–Crippen LogP) is 0.794. The van der Waals surface area contributed by atoms with Gasteiger partial charge in [0.15, 0.2) is 0 Å². The van der Waals surface area contributed by atoms with Crippen LogP contribution in [-0.2, 0) is 9.59 Å². The summed E-state index contributed by atoms with van der Waals surface area (Å²) in [5, 5.41) is 8.92. The smallest absolute Gasteiger partial charge is 0.306 e. The number of piperidine rings is 1. The van der Waals surface area contributed by atoms with Crippen LogP contribution in [0.25, 0.3) is 0 Å². The number of hydrogen-bond donors (Lipinski definition) is 1. The number of carbonyl (C=O) groups is 2. The Hall–Kier alpha value is -1.10. The summed E-state index contributed by atoms with van der Waals surface area (Å²) in [5.74, 6) is -0.793. The fraction of sp³-hybridized carbons (Fsp3) is 0.846. The minimum absolute atomic E-state index is 0.192. The lowest BCUT2D eigenvalue weighted by molar-refractivity contribution is -0.145. The third-order valence-corrected chi connectivity index (χ3v) is 4.28. The van der Waals surface area contributed by atoms with Gasteiger partial charge in [-0.15, -0.1) is 0 Å². The molecule has 2 saturated heterocycles. The maximum Gasteiger partial charge on any atom is 0.306 e. The lowest BCUT2D eigenvalue weighted by Gasteiger charge is -2.31. The molecular formula is C13H22N2O3. The van der Waals surface area contributed by atoms with Crippen molar-refractivity contribution in [3.8, 4) is 0 Å². The predicted molar refractivity (Wildman–Crippen MR) is 67.2 cm³/mol. The summed E-state index contributed by atoms with van der Waals surface area (Å²) in [5.41, 5.74) is 0. The second kappa shape index (κ2) is 5.69. The quantitative estimate of drug-likeness (QED) is 0.809. The number of carboxylic acid groups (broad SMARTS) is 1. The number of carboxylic acids is 1. The highest BCUT2D eigenvalue weighted by Gasteiger charge is 2.30. The largest absolute Gasteiger partial charge is 0.481 e. The fourth-order valence-electron chi connectivity index (χ4n) is 2.94. The highest BCUT2D eigenvalue weighted by Crippen LogP contribution is 2.22. The van der Waals surface area contributed by atoms with Crippen LogP contribution in [0.2, 0.25) is 0 Å². The van der Waals surface area contributed by atoms with Crippen LogP contribution in [0.4, 0.5) is 0 Å². The van der Waals surface area contributed by atoms with Crippen LogP contribution in [-0.4, -0.2) is 59.5 Å². The highest BCUT2D eigenvalue weighted by atomic mass is 16.4. The van der Waals surface area contributed by atoms with Gasteiger partial charge in [0, 0.05) is 25.6 Å². The summed E-state index contributed by atoms with van der Waals surface area (Å²) in [6.45, 7) is 2.29. The Morgan fingerprint density at radius 2 is 1.83 bits per heavy atom. The van der Waals surface area contributed by atoms with Crippen LogP contribution in [0.3, 0.4) is 0 Å². The van der Waals surface area contributed by atoms with E-state index in [1.165, 1.54) is 6.42 Å². The van der Waals surface area contributed by atoms with Crippen LogP contribution in [0.5, 0.6) is 0 Å². The van der Waals surface area contributed by atoms with E-state index in [0.29, 0.717) is 38.4 Å². The molecule has 18 heavy (non-hydrogen) atoms. The molecule has 5 nitrogen and oxygen atoms in total. The Bertz CT molecular complexity index is 324. The van der Waals surface area contributed by atoms with Crippen molar-refractivity contribution in [3.63, 3.8) is 0 Å². The molecule has 2 fully saturated rings. The summed E-state index contributed by atoms with van der Waals surface area (Å²) in [6, 6.07) is 0.384. The molecular weight excluding hydrogens is 232 g/mol. The summed E-state index contributed by atoms with van der Waals surface area (Å²) < 4.78 is 0. The molecule has 0 aromatic heterocycles. The molecule has 1 atom stereocenters. The van der Waals surface area contributed by atoms with Crippen LogP contribution in [0, 0.1) is 5.92 Å². The van der Waals surface area contributed by atoms with E-state index >= 15 is 0 Å². The van der Waals surface area contributed by atoms with Crippen molar-refractivity contribution in [1.29, 1.82) is 0 Å². The van der Waals surface area contributed by atoms with E-state index in [9.17, 15) is 9.59 Å². The molecule has 102 valence electrons. The van der Waals surface area contributed by atoms with Gasteiger partial charge in [-0.2, -0.15) is 0 Å². The molecule has 0 aromatic rings. The van der Waals surface area contributed by atoms with Crippen molar-refractivity contribution in [3.05, 3.63) is 0 Å². The van der Waals surface area contributed by atoms with Crippen molar-refractivity contribution in [1.82, 2.24) is 9.80 Å². The van der Waals surface area contributed by atoms with E-state index in [1.54, 1.807) is 0 Å². The molecule has 0 spiro atoms. The number of aliphatic carboxylic acids is 1. The lowest BCUT2D eigenvalue weighted by Crippen LogP contribution is -2.42. The number of amides is 1. The van der Waals surface area contributed by atoms with Gasteiger partial charge in [0.2, 0.25) is 5.91 Å². The van der Waals surface area contributed by atoms with Crippen LogP contribution in [0.1, 0.15) is 32.1 Å².